The van der Waals surface area contributed by atoms with Gasteiger partial charge in [-0.15, -0.1) is 0 Å². The first kappa shape index (κ1) is 19.1. The Morgan fingerprint density at radius 3 is 1.62 bits per heavy atom. The fraction of sp³-hybridized carbons (Fsp3) is 0.556. The summed E-state index contributed by atoms with van der Waals surface area (Å²) < 4.78 is 11.3. The van der Waals surface area contributed by atoms with E-state index in [0.29, 0.717) is 0 Å². The number of ether oxygens (including phenoxy) is 2. The summed E-state index contributed by atoms with van der Waals surface area (Å²) in [5.41, 5.74) is 0. The summed E-state index contributed by atoms with van der Waals surface area (Å²) in [7, 11) is 0. The molecule has 3 rings (SSSR count). The molecule has 0 bridgehead atoms. The third-order valence-electron chi connectivity index (χ3n) is 4.18. The Bertz CT molecular complexity index is 649. The van der Waals surface area contributed by atoms with Gasteiger partial charge in [-0.1, -0.05) is 23.2 Å². The van der Waals surface area contributed by atoms with Gasteiger partial charge in [-0.25, -0.2) is 0 Å². The number of carbonyl (C=O) groups is 2. The van der Waals surface area contributed by atoms with Crippen LogP contribution in [0, 0.1) is 0 Å². The predicted octanol–water partition coefficient (Wildman–Crippen LogP) is 3.09. The first-order chi connectivity index (χ1) is 12.3. The van der Waals surface area contributed by atoms with E-state index >= 15 is 0 Å². The van der Waals surface area contributed by atoms with Crippen molar-refractivity contribution in [2.45, 2.75) is 63.8 Å². The van der Waals surface area contributed by atoms with Crippen molar-refractivity contribution in [1.29, 1.82) is 0 Å². The SMILES string of the molecule is C[C@@H](Oc1cc(O[C@H](C)C(=O)NC2CC2)c(Cl)cc1Cl)C(=O)NC1CC1. The lowest BCUT2D eigenvalue weighted by Crippen LogP contribution is -2.38. The molecule has 2 atom stereocenters. The van der Waals surface area contributed by atoms with Crippen molar-refractivity contribution in [3.05, 3.63) is 22.2 Å². The van der Waals surface area contributed by atoms with Gasteiger partial charge in [0.05, 0.1) is 10.0 Å². The first-order valence-electron chi connectivity index (χ1n) is 8.76. The van der Waals surface area contributed by atoms with Gasteiger partial charge in [-0.2, -0.15) is 0 Å². The van der Waals surface area contributed by atoms with Crippen molar-refractivity contribution in [2.75, 3.05) is 0 Å². The van der Waals surface area contributed by atoms with Gasteiger partial charge in [0.25, 0.3) is 11.8 Å². The van der Waals surface area contributed by atoms with Crippen molar-refractivity contribution in [1.82, 2.24) is 10.6 Å². The molecule has 142 valence electrons. The second-order valence-corrected chi connectivity index (χ2v) is 7.61. The van der Waals surface area contributed by atoms with E-state index in [-0.39, 0.29) is 45.4 Å². The number of hydrogen-bond acceptors (Lipinski definition) is 4. The summed E-state index contributed by atoms with van der Waals surface area (Å²) in [6, 6.07) is 3.48. The zero-order chi connectivity index (χ0) is 18.8. The topological polar surface area (TPSA) is 76.7 Å². The van der Waals surface area contributed by atoms with Crippen LogP contribution >= 0.6 is 23.2 Å². The van der Waals surface area contributed by atoms with Gasteiger partial charge in [-0.05, 0) is 45.6 Å². The lowest BCUT2D eigenvalue weighted by molar-refractivity contribution is -0.127. The maximum absolute atomic E-state index is 12.0. The van der Waals surface area contributed by atoms with Crippen LogP contribution in [-0.2, 0) is 9.59 Å². The quantitative estimate of drug-likeness (QED) is 0.702. The number of nitrogens with one attached hydrogen (secondary N) is 2. The molecule has 6 nitrogen and oxygen atoms in total. The summed E-state index contributed by atoms with van der Waals surface area (Å²) >= 11 is 12.3. The molecule has 8 heteroatoms. The Labute approximate surface area is 162 Å². The second-order valence-electron chi connectivity index (χ2n) is 6.80. The molecule has 0 spiro atoms. The van der Waals surface area contributed by atoms with Gasteiger partial charge >= 0.3 is 0 Å². The third-order valence-corrected chi connectivity index (χ3v) is 4.77. The highest BCUT2D eigenvalue weighted by Gasteiger charge is 2.28. The fourth-order valence-corrected chi connectivity index (χ4v) is 2.74. The van der Waals surface area contributed by atoms with Crippen molar-refractivity contribution in [3.63, 3.8) is 0 Å². The van der Waals surface area contributed by atoms with E-state index in [1.54, 1.807) is 13.8 Å². The molecule has 2 aliphatic carbocycles. The van der Waals surface area contributed by atoms with Crippen molar-refractivity contribution < 1.29 is 19.1 Å². The fourth-order valence-electron chi connectivity index (χ4n) is 2.27. The molecular formula is C18H22Cl2N2O4. The van der Waals surface area contributed by atoms with Gasteiger partial charge in [0.1, 0.15) is 11.5 Å². The highest BCUT2D eigenvalue weighted by atomic mass is 35.5. The molecule has 0 aromatic heterocycles. The van der Waals surface area contributed by atoms with E-state index in [9.17, 15) is 9.59 Å². The summed E-state index contributed by atoms with van der Waals surface area (Å²) in [6.45, 7) is 3.30. The number of rotatable bonds is 8. The number of amides is 2. The second kappa shape index (κ2) is 7.92. The molecule has 1 aromatic carbocycles. The highest BCUT2D eigenvalue weighted by Crippen LogP contribution is 2.37. The van der Waals surface area contributed by atoms with Crippen LogP contribution in [0.5, 0.6) is 11.5 Å². The average Bonchev–Trinajstić information content (AvgIpc) is 3.48. The molecule has 2 fully saturated rings. The van der Waals surface area contributed by atoms with Crippen LogP contribution in [0.2, 0.25) is 10.0 Å². The number of halogens is 2. The predicted molar refractivity (Wildman–Crippen MR) is 99.0 cm³/mol. The molecule has 26 heavy (non-hydrogen) atoms. The molecule has 2 saturated carbocycles. The maximum atomic E-state index is 12.0. The Balaban J connectivity index is 1.65. The van der Waals surface area contributed by atoms with Crippen molar-refractivity contribution in [3.8, 4) is 11.5 Å². The van der Waals surface area contributed by atoms with E-state index in [0.717, 1.165) is 25.7 Å². The lowest BCUT2D eigenvalue weighted by Gasteiger charge is -2.19. The van der Waals surface area contributed by atoms with E-state index in [2.05, 4.69) is 10.6 Å². The standard InChI is InChI=1S/C18H22Cl2N2O4/c1-9(17(23)21-11-3-4-11)25-15-8-16(14(20)7-13(15)19)26-10(2)18(24)22-12-5-6-12/h7-12H,3-6H2,1-2H3,(H,21,23)(H,22,24)/t9-,10-/m1/s1. The number of carbonyl (C=O) groups excluding carboxylic acids is 2. The zero-order valence-electron chi connectivity index (χ0n) is 14.7. The average molecular weight is 401 g/mol. The third kappa shape index (κ3) is 5.17. The van der Waals surface area contributed by atoms with Crippen LogP contribution in [0.3, 0.4) is 0 Å². The van der Waals surface area contributed by atoms with E-state index in [4.69, 9.17) is 32.7 Å². The molecule has 0 heterocycles. The molecule has 0 radical (unpaired) electrons. The first-order valence-corrected chi connectivity index (χ1v) is 9.52. The van der Waals surface area contributed by atoms with Crippen LogP contribution in [-0.4, -0.2) is 36.1 Å². The van der Waals surface area contributed by atoms with E-state index < -0.39 is 12.2 Å². The molecule has 0 aliphatic heterocycles. The summed E-state index contributed by atoms with van der Waals surface area (Å²) in [6.07, 6.45) is 2.57. The number of hydrogen-bond donors (Lipinski definition) is 2. The lowest BCUT2D eigenvalue weighted by atomic mass is 10.3. The van der Waals surface area contributed by atoms with Crippen LogP contribution in [0.15, 0.2) is 12.1 Å². The van der Waals surface area contributed by atoms with Crippen molar-refractivity contribution in [2.24, 2.45) is 0 Å². The van der Waals surface area contributed by atoms with Gasteiger partial charge in [0, 0.05) is 18.2 Å². The monoisotopic (exact) mass is 400 g/mol. The molecule has 2 aliphatic rings. The summed E-state index contributed by atoms with van der Waals surface area (Å²) in [4.78, 5) is 24.1. The van der Waals surface area contributed by atoms with E-state index in [1.807, 2.05) is 0 Å². The molecular weight excluding hydrogens is 379 g/mol. The van der Waals surface area contributed by atoms with Gasteiger partial charge in [0.15, 0.2) is 12.2 Å². The molecule has 2 amide bonds. The van der Waals surface area contributed by atoms with Gasteiger partial charge in [-0.3, -0.25) is 9.59 Å². The largest absolute Gasteiger partial charge is 0.479 e. The van der Waals surface area contributed by atoms with Gasteiger partial charge in [0.2, 0.25) is 0 Å². The molecule has 2 N–H and O–H groups in total. The van der Waals surface area contributed by atoms with Crippen LogP contribution in [0.4, 0.5) is 0 Å². The maximum Gasteiger partial charge on any atom is 0.260 e. The smallest absolute Gasteiger partial charge is 0.260 e. The Hall–Kier alpha value is -1.66. The Kier molecular flexibility index (Phi) is 5.82. The number of benzene rings is 1. The van der Waals surface area contributed by atoms with Crippen LogP contribution in [0.1, 0.15) is 39.5 Å². The highest BCUT2D eigenvalue weighted by molar-refractivity contribution is 6.36. The molecule has 0 unspecified atom stereocenters. The zero-order valence-corrected chi connectivity index (χ0v) is 16.2. The summed E-state index contributed by atoms with van der Waals surface area (Å²) in [5, 5.41) is 6.28. The Morgan fingerprint density at radius 1 is 0.885 bits per heavy atom. The summed E-state index contributed by atoms with van der Waals surface area (Å²) in [5.74, 6) is 0.162. The van der Waals surface area contributed by atoms with Crippen LogP contribution in [0.25, 0.3) is 0 Å². The molecule has 0 saturated heterocycles. The normalized spacial score (nSPS) is 18.6. The molecule has 1 aromatic rings. The van der Waals surface area contributed by atoms with Crippen LogP contribution < -0.4 is 20.1 Å². The minimum atomic E-state index is -0.710. The minimum absolute atomic E-state index is 0.196. The van der Waals surface area contributed by atoms with Gasteiger partial charge < -0.3 is 20.1 Å². The van der Waals surface area contributed by atoms with E-state index in [1.165, 1.54) is 12.1 Å². The van der Waals surface area contributed by atoms with Crippen molar-refractivity contribution >= 4 is 35.0 Å². The minimum Gasteiger partial charge on any atom is -0.479 e. The Morgan fingerprint density at radius 2 is 1.27 bits per heavy atom.